The summed E-state index contributed by atoms with van der Waals surface area (Å²) in [5.74, 6) is -3.34. The largest absolute Gasteiger partial charge is 0.477 e. The molecule has 0 saturated carbocycles. The second kappa shape index (κ2) is 24.7. The predicted octanol–water partition coefficient (Wildman–Crippen LogP) is 8.99. The minimum Gasteiger partial charge on any atom is -0.477 e. The van der Waals surface area contributed by atoms with Gasteiger partial charge in [0.15, 0.2) is 18.1 Å². The Morgan fingerprint density at radius 1 is 0.488 bits per heavy atom. The summed E-state index contributed by atoms with van der Waals surface area (Å²) in [5.41, 5.74) is 0. The molecule has 0 aliphatic rings. The molecule has 7 nitrogen and oxygen atoms in total. The highest BCUT2D eigenvalue weighted by Crippen LogP contribution is 2.32. The molecule has 0 aliphatic heterocycles. The van der Waals surface area contributed by atoms with Crippen LogP contribution in [0.2, 0.25) is 0 Å². The van der Waals surface area contributed by atoms with Gasteiger partial charge in [-0.15, -0.1) is 0 Å². The highest BCUT2D eigenvalue weighted by Gasteiger charge is 2.55. The van der Waals surface area contributed by atoms with Crippen molar-refractivity contribution in [3.8, 4) is 0 Å². The molecule has 0 rings (SSSR count). The van der Waals surface area contributed by atoms with E-state index in [-0.39, 0.29) is 25.8 Å². The fourth-order valence-corrected chi connectivity index (χ4v) is 6.62. The van der Waals surface area contributed by atoms with Crippen molar-refractivity contribution in [2.75, 3.05) is 6.54 Å². The molecule has 0 spiro atoms. The van der Waals surface area contributed by atoms with E-state index in [1.54, 1.807) is 20.8 Å². The third-order valence-electron chi connectivity index (χ3n) is 8.81. The maximum atomic E-state index is 12.3. The second-order valence-corrected chi connectivity index (χ2v) is 11.9. The van der Waals surface area contributed by atoms with Crippen molar-refractivity contribution in [1.82, 2.24) is 0 Å². The molecule has 3 N–H and O–H groups in total. The minimum absolute atomic E-state index is 0.193. The van der Waals surface area contributed by atoms with Crippen molar-refractivity contribution < 1.29 is 34.2 Å². The van der Waals surface area contributed by atoms with Crippen molar-refractivity contribution in [3.63, 3.8) is 0 Å². The molecule has 0 aliphatic carbocycles. The van der Waals surface area contributed by atoms with Crippen LogP contribution >= 0.6 is 0 Å². The first kappa shape index (κ1) is 39.1. The summed E-state index contributed by atoms with van der Waals surface area (Å²) in [7, 11) is 0. The number of carboxylic acid groups (broad SMARTS) is 3. The maximum Gasteiger partial charge on any atom is 0.362 e. The van der Waals surface area contributed by atoms with Crippen LogP contribution in [0.4, 0.5) is 0 Å². The lowest BCUT2D eigenvalue weighted by atomic mass is 9.93. The minimum atomic E-state index is -1.11. The number of hydrogen-bond donors (Lipinski definition) is 3. The Labute approximate surface area is 251 Å². The van der Waals surface area contributed by atoms with Crippen LogP contribution in [0, 0.1) is 0 Å². The number of unbranched alkanes of at least 4 members (excludes halogenated alkanes) is 16. The fraction of sp³-hybridized carbons (Fsp3) is 0.853. The van der Waals surface area contributed by atoms with Gasteiger partial charge >= 0.3 is 17.9 Å². The Kier molecular flexibility index (Phi) is 23.5. The van der Waals surface area contributed by atoms with E-state index in [0.29, 0.717) is 6.42 Å². The van der Waals surface area contributed by atoms with Gasteiger partial charge in [-0.2, -0.15) is 0 Å². The van der Waals surface area contributed by atoms with Crippen LogP contribution < -0.4 is 0 Å². The molecule has 7 heteroatoms. The summed E-state index contributed by atoms with van der Waals surface area (Å²) in [4.78, 5) is 36.8. The van der Waals surface area contributed by atoms with Gasteiger partial charge < -0.3 is 15.3 Å². The molecule has 240 valence electrons. The molecule has 3 unspecified atom stereocenters. The highest BCUT2D eigenvalue weighted by atomic mass is 16.4. The van der Waals surface area contributed by atoms with Crippen LogP contribution in [-0.4, -0.2) is 62.4 Å². The Bertz CT molecular complexity index is 667. The van der Waals surface area contributed by atoms with E-state index in [4.69, 9.17) is 0 Å². The SMILES string of the molecule is CCCCCCC/C=C/CCCCCCCCCCCCC[N+](C(CC)C(=O)O)(C(CC)C(=O)O)C(CC)C(=O)O. The zero-order valence-electron chi connectivity index (χ0n) is 27.0. The summed E-state index contributed by atoms with van der Waals surface area (Å²) in [6, 6.07) is -3.18. The molecule has 41 heavy (non-hydrogen) atoms. The first-order chi connectivity index (χ1) is 19.7. The lowest BCUT2D eigenvalue weighted by Crippen LogP contribution is -2.72. The summed E-state index contributed by atoms with van der Waals surface area (Å²) >= 11 is 0. The fourth-order valence-electron chi connectivity index (χ4n) is 6.62. The zero-order valence-corrected chi connectivity index (χ0v) is 27.0. The number of carboxylic acids is 3. The van der Waals surface area contributed by atoms with Gasteiger partial charge in [-0.25, -0.2) is 14.4 Å². The molecule has 0 aromatic heterocycles. The van der Waals surface area contributed by atoms with E-state index in [1.807, 2.05) is 0 Å². The summed E-state index contributed by atoms with van der Waals surface area (Å²) in [5, 5.41) is 30.1. The van der Waals surface area contributed by atoms with E-state index in [2.05, 4.69) is 19.1 Å². The van der Waals surface area contributed by atoms with Gasteiger partial charge in [-0.3, -0.25) is 4.48 Å². The Balaban J connectivity index is 4.43. The molecule has 0 fully saturated rings. The molecule has 0 aromatic carbocycles. The first-order valence-electron chi connectivity index (χ1n) is 16.9. The van der Waals surface area contributed by atoms with Crippen molar-refractivity contribution in [2.24, 2.45) is 0 Å². The maximum absolute atomic E-state index is 12.3. The molecule has 0 amide bonds. The Morgan fingerprint density at radius 2 is 0.780 bits per heavy atom. The number of allylic oxidation sites excluding steroid dienone is 2. The summed E-state index contributed by atoms with van der Waals surface area (Å²) < 4.78 is -0.404. The topological polar surface area (TPSA) is 112 Å². The number of rotatable bonds is 29. The second-order valence-electron chi connectivity index (χ2n) is 11.9. The van der Waals surface area contributed by atoms with Crippen molar-refractivity contribution in [3.05, 3.63) is 12.2 Å². The first-order valence-corrected chi connectivity index (χ1v) is 16.9. The third kappa shape index (κ3) is 15.2. The normalized spacial score (nSPS) is 15.4. The van der Waals surface area contributed by atoms with Gasteiger partial charge in [0.1, 0.15) is 0 Å². The van der Waals surface area contributed by atoms with Crippen LogP contribution in [0.1, 0.15) is 163 Å². The standard InChI is InChI=1S/C34H63NO6/c1-5-9-10-11-12-13-14-15-16-17-18-19-20-21-22-23-24-25-26-27-28-35(29(6-2)32(36)37,30(7-3)33(38)39)31(8-4)34(40)41/h14-15,29-31H,5-13,16-28H2,1-4H3,(H2-,36,37,38,39,40,41)/p+1/b15-14+. The molecule has 0 bridgehead atoms. The molecule has 0 radical (unpaired) electrons. The average Bonchev–Trinajstić information content (AvgIpc) is 2.92. The number of hydrogen-bond acceptors (Lipinski definition) is 3. The van der Waals surface area contributed by atoms with Crippen LogP contribution in [0.15, 0.2) is 12.2 Å². The predicted molar refractivity (Wildman–Crippen MR) is 168 cm³/mol. The van der Waals surface area contributed by atoms with Crippen LogP contribution in [0.3, 0.4) is 0 Å². The highest BCUT2D eigenvalue weighted by molar-refractivity contribution is 5.78. The number of quaternary nitrogens is 1. The third-order valence-corrected chi connectivity index (χ3v) is 8.81. The summed E-state index contributed by atoms with van der Waals surface area (Å²) in [6.45, 7) is 7.65. The molecule has 0 saturated heterocycles. The molecular formula is C34H64NO6+. The van der Waals surface area contributed by atoms with E-state index in [1.165, 1.54) is 89.9 Å². The van der Waals surface area contributed by atoms with E-state index >= 15 is 0 Å². The molecular weight excluding hydrogens is 518 g/mol. The number of aliphatic carboxylic acids is 3. The average molecular weight is 583 g/mol. The van der Waals surface area contributed by atoms with Crippen molar-refractivity contribution >= 4 is 17.9 Å². The van der Waals surface area contributed by atoms with Gasteiger partial charge in [-0.1, -0.05) is 117 Å². The molecule has 0 heterocycles. The van der Waals surface area contributed by atoms with E-state index in [0.717, 1.165) is 19.3 Å². The van der Waals surface area contributed by atoms with E-state index in [9.17, 15) is 29.7 Å². The van der Waals surface area contributed by atoms with Crippen molar-refractivity contribution in [1.29, 1.82) is 0 Å². The lowest BCUT2D eigenvalue weighted by molar-refractivity contribution is -0.973. The Morgan fingerprint density at radius 3 is 1.07 bits per heavy atom. The van der Waals surface area contributed by atoms with Gasteiger partial charge in [0, 0.05) is 19.3 Å². The molecule has 3 atom stereocenters. The van der Waals surface area contributed by atoms with Gasteiger partial charge in [-0.05, 0) is 38.5 Å². The van der Waals surface area contributed by atoms with Gasteiger partial charge in [0.2, 0.25) is 0 Å². The van der Waals surface area contributed by atoms with Crippen LogP contribution in [0.5, 0.6) is 0 Å². The quantitative estimate of drug-likeness (QED) is 0.0461. The Hall–Kier alpha value is -1.89. The lowest BCUT2D eigenvalue weighted by Gasteiger charge is -2.49. The number of nitrogens with zero attached hydrogens (tertiary/aromatic N) is 1. The number of carbonyl (C=O) groups is 3. The monoisotopic (exact) mass is 582 g/mol. The van der Waals surface area contributed by atoms with Gasteiger partial charge in [0.25, 0.3) is 0 Å². The van der Waals surface area contributed by atoms with E-state index < -0.39 is 40.5 Å². The summed E-state index contributed by atoms with van der Waals surface area (Å²) in [6.07, 6.45) is 26.9. The van der Waals surface area contributed by atoms with Crippen LogP contribution in [-0.2, 0) is 14.4 Å². The van der Waals surface area contributed by atoms with Gasteiger partial charge in [0.05, 0.1) is 6.54 Å². The zero-order chi connectivity index (χ0) is 30.9. The molecule has 0 aromatic rings. The van der Waals surface area contributed by atoms with Crippen LogP contribution in [0.25, 0.3) is 0 Å². The smallest absolute Gasteiger partial charge is 0.362 e. The van der Waals surface area contributed by atoms with Crippen molar-refractivity contribution in [2.45, 2.75) is 181 Å².